The smallest absolute Gasteiger partial charge is 0.230 e. The van der Waals surface area contributed by atoms with Gasteiger partial charge in [0.05, 0.1) is 6.54 Å². The van der Waals surface area contributed by atoms with Crippen molar-refractivity contribution in [2.45, 2.75) is 26.3 Å². The van der Waals surface area contributed by atoms with Crippen LogP contribution in [0.15, 0.2) is 28.7 Å². The lowest BCUT2D eigenvalue weighted by Gasteiger charge is -2.34. The van der Waals surface area contributed by atoms with Gasteiger partial charge in [-0.05, 0) is 18.1 Å². The molecule has 0 aliphatic carbocycles. The molecule has 0 radical (unpaired) electrons. The molecule has 1 amide bonds. The van der Waals surface area contributed by atoms with Gasteiger partial charge in [-0.3, -0.25) is 9.69 Å². The number of hydrogen-bond acceptors (Lipinski definition) is 5. The second-order valence-corrected chi connectivity index (χ2v) is 5.96. The zero-order valence-electron chi connectivity index (χ0n) is 13.7. The summed E-state index contributed by atoms with van der Waals surface area (Å²) in [6, 6.07) is 6.61. The molecule has 128 valence electrons. The fourth-order valence-electron chi connectivity index (χ4n) is 2.85. The summed E-state index contributed by atoms with van der Waals surface area (Å²) in [5.74, 6) is 0.996. The maximum absolute atomic E-state index is 13.6. The molecule has 2 aromatic rings. The molecule has 1 fully saturated rings. The average molecular weight is 332 g/mol. The molecule has 6 nitrogen and oxygen atoms in total. The van der Waals surface area contributed by atoms with Crippen molar-refractivity contribution in [1.82, 2.24) is 20.0 Å². The van der Waals surface area contributed by atoms with Crippen LogP contribution in [0.3, 0.4) is 0 Å². The van der Waals surface area contributed by atoms with Gasteiger partial charge in [-0.15, -0.1) is 10.2 Å². The second kappa shape index (κ2) is 7.53. The lowest BCUT2D eigenvalue weighted by molar-refractivity contribution is -0.133. The Morgan fingerprint density at radius 1 is 1.21 bits per heavy atom. The van der Waals surface area contributed by atoms with Crippen LogP contribution in [0.25, 0.3) is 0 Å². The molecule has 0 bridgehead atoms. The van der Waals surface area contributed by atoms with E-state index in [2.05, 4.69) is 15.1 Å². The van der Waals surface area contributed by atoms with E-state index in [0.717, 1.165) is 13.1 Å². The molecule has 0 spiro atoms. The van der Waals surface area contributed by atoms with Crippen LogP contribution in [0, 0.1) is 12.7 Å². The van der Waals surface area contributed by atoms with Crippen LogP contribution in [0.4, 0.5) is 4.39 Å². The van der Waals surface area contributed by atoms with Crippen molar-refractivity contribution < 1.29 is 13.6 Å². The van der Waals surface area contributed by atoms with Gasteiger partial charge in [-0.1, -0.05) is 18.2 Å². The number of halogens is 1. The predicted octanol–water partition coefficient (Wildman–Crippen LogP) is 1.79. The van der Waals surface area contributed by atoms with E-state index in [9.17, 15) is 9.18 Å². The minimum Gasteiger partial charge on any atom is -0.424 e. The fourth-order valence-corrected chi connectivity index (χ4v) is 2.85. The van der Waals surface area contributed by atoms with Gasteiger partial charge >= 0.3 is 0 Å². The highest BCUT2D eigenvalue weighted by Crippen LogP contribution is 2.12. The molecule has 3 rings (SSSR count). The predicted molar refractivity (Wildman–Crippen MR) is 85.6 cm³/mol. The highest BCUT2D eigenvalue weighted by Gasteiger charge is 2.22. The van der Waals surface area contributed by atoms with Crippen molar-refractivity contribution in [1.29, 1.82) is 0 Å². The number of carbonyl (C=O) groups excluding carboxylic acids is 1. The summed E-state index contributed by atoms with van der Waals surface area (Å²) in [7, 11) is 0. The van der Waals surface area contributed by atoms with Gasteiger partial charge in [-0.2, -0.15) is 0 Å². The Labute approximate surface area is 140 Å². The summed E-state index contributed by atoms with van der Waals surface area (Å²) >= 11 is 0. The average Bonchev–Trinajstić information content (AvgIpc) is 2.99. The Morgan fingerprint density at radius 3 is 2.62 bits per heavy atom. The number of aryl methyl sites for hydroxylation is 2. The number of benzene rings is 1. The maximum atomic E-state index is 13.6. The van der Waals surface area contributed by atoms with Crippen molar-refractivity contribution in [2.24, 2.45) is 0 Å². The number of amides is 1. The van der Waals surface area contributed by atoms with E-state index in [1.165, 1.54) is 6.07 Å². The SMILES string of the molecule is Cc1nnc(CN2CCN(C(=O)CCc3ccccc3F)CC2)o1. The third-order valence-corrected chi connectivity index (χ3v) is 4.22. The molecule has 0 saturated carbocycles. The number of rotatable bonds is 5. The number of hydrogen-bond donors (Lipinski definition) is 0. The zero-order chi connectivity index (χ0) is 16.9. The first-order valence-electron chi connectivity index (χ1n) is 8.14. The molecule has 2 heterocycles. The molecule has 1 aromatic carbocycles. The second-order valence-electron chi connectivity index (χ2n) is 5.96. The molecule has 0 unspecified atom stereocenters. The van der Waals surface area contributed by atoms with E-state index >= 15 is 0 Å². The fraction of sp³-hybridized carbons (Fsp3) is 0.471. The van der Waals surface area contributed by atoms with Gasteiger partial charge in [0.2, 0.25) is 17.7 Å². The molecular formula is C17H21FN4O2. The molecule has 0 N–H and O–H groups in total. The monoisotopic (exact) mass is 332 g/mol. The first kappa shape index (κ1) is 16.6. The van der Waals surface area contributed by atoms with Crippen LogP contribution in [-0.4, -0.2) is 52.1 Å². The molecule has 1 aliphatic heterocycles. The van der Waals surface area contributed by atoms with Gasteiger partial charge in [-0.25, -0.2) is 4.39 Å². The van der Waals surface area contributed by atoms with Gasteiger partial charge in [0, 0.05) is 39.5 Å². The normalized spacial score (nSPS) is 15.7. The van der Waals surface area contributed by atoms with Gasteiger partial charge in [0.15, 0.2) is 0 Å². The third-order valence-electron chi connectivity index (χ3n) is 4.22. The summed E-state index contributed by atoms with van der Waals surface area (Å²) in [5.41, 5.74) is 0.594. The van der Waals surface area contributed by atoms with E-state index in [4.69, 9.17) is 4.42 Å². The molecule has 1 aromatic heterocycles. The molecular weight excluding hydrogens is 311 g/mol. The van der Waals surface area contributed by atoms with Crippen LogP contribution in [0.1, 0.15) is 23.8 Å². The summed E-state index contributed by atoms with van der Waals surface area (Å²) in [5, 5.41) is 7.81. The van der Waals surface area contributed by atoms with Crippen molar-refractivity contribution in [2.75, 3.05) is 26.2 Å². The molecule has 24 heavy (non-hydrogen) atoms. The molecule has 1 saturated heterocycles. The molecule has 7 heteroatoms. The lowest BCUT2D eigenvalue weighted by atomic mass is 10.1. The van der Waals surface area contributed by atoms with E-state index in [0.29, 0.717) is 49.8 Å². The van der Waals surface area contributed by atoms with Crippen LogP contribution < -0.4 is 0 Å². The number of nitrogens with zero attached hydrogens (tertiary/aromatic N) is 4. The van der Waals surface area contributed by atoms with Crippen LogP contribution in [0.5, 0.6) is 0 Å². The van der Waals surface area contributed by atoms with Crippen molar-refractivity contribution in [3.63, 3.8) is 0 Å². The largest absolute Gasteiger partial charge is 0.424 e. The van der Waals surface area contributed by atoms with Crippen molar-refractivity contribution in [3.05, 3.63) is 47.4 Å². The van der Waals surface area contributed by atoms with Gasteiger partial charge < -0.3 is 9.32 Å². The van der Waals surface area contributed by atoms with E-state index < -0.39 is 0 Å². The molecule has 1 aliphatic rings. The van der Waals surface area contributed by atoms with E-state index in [1.807, 2.05) is 4.90 Å². The highest BCUT2D eigenvalue weighted by molar-refractivity contribution is 5.76. The van der Waals surface area contributed by atoms with E-state index in [-0.39, 0.29) is 11.7 Å². The standard InChI is InChI=1S/C17H21FN4O2/c1-13-19-20-16(24-13)12-21-8-10-22(11-9-21)17(23)7-6-14-4-2-3-5-15(14)18/h2-5H,6-12H2,1H3. The third kappa shape index (κ3) is 4.17. The number of aromatic nitrogens is 2. The zero-order valence-corrected chi connectivity index (χ0v) is 13.7. The lowest BCUT2D eigenvalue weighted by Crippen LogP contribution is -2.48. The van der Waals surface area contributed by atoms with E-state index in [1.54, 1.807) is 25.1 Å². The number of carbonyl (C=O) groups is 1. The first-order chi connectivity index (χ1) is 11.6. The van der Waals surface area contributed by atoms with Crippen LogP contribution in [0.2, 0.25) is 0 Å². The van der Waals surface area contributed by atoms with Gasteiger partial charge in [0.25, 0.3) is 0 Å². The van der Waals surface area contributed by atoms with Crippen LogP contribution in [-0.2, 0) is 17.8 Å². The quantitative estimate of drug-likeness (QED) is 0.835. The Morgan fingerprint density at radius 2 is 1.96 bits per heavy atom. The highest BCUT2D eigenvalue weighted by atomic mass is 19.1. The first-order valence-corrected chi connectivity index (χ1v) is 8.14. The van der Waals surface area contributed by atoms with Crippen molar-refractivity contribution in [3.8, 4) is 0 Å². The Balaban J connectivity index is 1.44. The maximum Gasteiger partial charge on any atom is 0.230 e. The summed E-state index contributed by atoms with van der Waals surface area (Å²) in [6.07, 6.45) is 0.775. The van der Waals surface area contributed by atoms with Crippen LogP contribution >= 0.6 is 0 Å². The minimum absolute atomic E-state index is 0.0755. The topological polar surface area (TPSA) is 62.5 Å². The van der Waals surface area contributed by atoms with Crippen molar-refractivity contribution >= 4 is 5.91 Å². The number of piperazine rings is 1. The summed E-state index contributed by atoms with van der Waals surface area (Å²) in [4.78, 5) is 16.3. The Hall–Kier alpha value is -2.28. The molecule has 0 atom stereocenters. The summed E-state index contributed by atoms with van der Waals surface area (Å²) < 4.78 is 19.0. The minimum atomic E-state index is -0.245. The Kier molecular flexibility index (Phi) is 5.20. The Bertz CT molecular complexity index is 695. The van der Waals surface area contributed by atoms with Gasteiger partial charge in [0.1, 0.15) is 5.82 Å². The summed E-state index contributed by atoms with van der Waals surface area (Å²) in [6.45, 7) is 5.26.